The van der Waals surface area contributed by atoms with Gasteiger partial charge in [-0.3, -0.25) is 4.79 Å². The van der Waals surface area contributed by atoms with Crippen LogP contribution in [-0.2, 0) is 4.79 Å². The van der Waals surface area contributed by atoms with E-state index in [-0.39, 0.29) is 18.6 Å². The van der Waals surface area contributed by atoms with Crippen LogP contribution in [0.4, 0.5) is 5.69 Å². The quantitative estimate of drug-likeness (QED) is 0.775. The number of nitrogens with zero attached hydrogens (tertiary/aromatic N) is 1. The summed E-state index contributed by atoms with van der Waals surface area (Å²) in [5.74, 6) is 0.722. The highest BCUT2D eigenvalue weighted by Crippen LogP contribution is 2.20. The van der Waals surface area contributed by atoms with Gasteiger partial charge in [0.15, 0.2) is 0 Å². The van der Waals surface area contributed by atoms with Crippen LogP contribution in [0.5, 0.6) is 5.75 Å². The molecule has 1 fully saturated rings. The molecular weight excluding hydrogens is 220 g/mol. The Morgan fingerprint density at radius 2 is 2.18 bits per heavy atom. The number of carbonyl (C=O) groups is 1. The van der Waals surface area contributed by atoms with Crippen molar-refractivity contribution >= 4 is 11.6 Å². The Balaban J connectivity index is 2.12. The van der Waals surface area contributed by atoms with Crippen molar-refractivity contribution in [2.75, 3.05) is 31.7 Å². The van der Waals surface area contributed by atoms with Gasteiger partial charge in [-0.25, -0.2) is 0 Å². The second-order valence-electron chi connectivity index (χ2n) is 4.03. The third-order valence-corrected chi connectivity index (χ3v) is 2.80. The smallest absolute Gasteiger partial charge is 0.239 e. The predicted molar refractivity (Wildman–Crippen MR) is 64.2 cm³/mol. The largest absolute Gasteiger partial charge is 0.497 e. The Morgan fingerprint density at radius 3 is 2.76 bits per heavy atom. The van der Waals surface area contributed by atoms with Gasteiger partial charge >= 0.3 is 0 Å². The molecule has 1 aromatic rings. The summed E-state index contributed by atoms with van der Waals surface area (Å²) in [7, 11) is 1.62. The normalized spacial score (nSPS) is 20.0. The van der Waals surface area contributed by atoms with E-state index < -0.39 is 0 Å². The van der Waals surface area contributed by atoms with Gasteiger partial charge in [-0.15, -0.1) is 0 Å². The maximum Gasteiger partial charge on any atom is 0.239 e. The van der Waals surface area contributed by atoms with Crippen LogP contribution in [0, 0.1) is 0 Å². The SMILES string of the molecule is COc1ccc(N2CC(=O)NC(CO)C2)cc1. The minimum absolute atomic E-state index is 0.0433. The molecule has 0 saturated carbocycles. The van der Waals surface area contributed by atoms with Crippen LogP contribution in [0.15, 0.2) is 24.3 Å². The molecule has 1 heterocycles. The Morgan fingerprint density at radius 1 is 1.47 bits per heavy atom. The number of amides is 1. The van der Waals surface area contributed by atoms with Gasteiger partial charge in [-0.1, -0.05) is 0 Å². The first-order valence-electron chi connectivity index (χ1n) is 5.52. The average Bonchev–Trinajstić information content (AvgIpc) is 2.38. The molecule has 0 bridgehead atoms. The van der Waals surface area contributed by atoms with Gasteiger partial charge in [0.2, 0.25) is 5.91 Å². The number of carbonyl (C=O) groups excluding carboxylic acids is 1. The number of hydrogen-bond donors (Lipinski definition) is 2. The van der Waals surface area contributed by atoms with Crippen molar-refractivity contribution in [2.24, 2.45) is 0 Å². The van der Waals surface area contributed by atoms with Crippen LogP contribution in [0.25, 0.3) is 0 Å². The molecule has 1 aliphatic heterocycles. The fourth-order valence-electron chi connectivity index (χ4n) is 1.92. The van der Waals surface area contributed by atoms with Gasteiger partial charge in [-0.05, 0) is 24.3 Å². The van der Waals surface area contributed by atoms with E-state index in [1.165, 1.54) is 0 Å². The van der Waals surface area contributed by atoms with Crippen LogP contribution in [0.3, 0.4) is 0 Å². The summed E-state index contributed by atoms with van der Waals surface area (Å²) in [5.41, 5.74) is 0.958. The molecule has 1 aromatic carbocycles. The minimum Gasteiger partial charge on any atom is -0.497 e. The zero-order valence-electron chi connectivity index (χ0n) is 9.72. The van der Waals surface area contributed by atoms with Crippen molar-refractivity contribution in [3.8, 4) is 5.75 Å². The van der Waals surface area contributed by atoms with Crippen LogP contribution >= 0.6 is 0 Å². The van der Waals surface area contributed by atoms with E-state index in [0.29, 0.717) is 13.1 Å². The maximum absolute atomic E-state index is 11.5. The number of methoxy groups -OCH3 is 1. The van der Waals surface area contributed by atoms with E-state index in [9.17, 15) is 4.79 Å². The number of hydrogen-bond acceptors (Lipinski definition) is 4. The van der Waals surface area contributed by atoms with Gasteiger partial charge in [0, 0.05) is 12.2 Å². The fraction of sp³-hybridized carbons (Fsp3) is 0.417. The summed E-state index contributed by atoms with van der Waals surface area (Å²) in [6, 6.07) is 7.34. The second kappa shape index (κ2) is 5.05. The van der Waals surface area contributed by atoms with E-state index in [2.05, 4.69) is 5.32 Å². The molecule has 2 N–H and O–H groups in total. The lowest BCUT2D eigenvalue weighted by atomic mass is 10.2. The molecule has 0 radical (unpaired) electrons. The zero-order chi connectivity index (χ0) is 12.3. The van der Waals surface area contributed by atoms with Crippen LogP contribution in [-0.4, -0.2) is 43.9 Å². The Bertz CT molecular complexity index is 391. The number of aliphatic hydroxyl groups is 1. The predicted octanol–water partition coefficient (Wildman–Crippen LogP) is -0.00770. The molecule has 5 nitrogen and oxygen atoms in total. The molecule has 92 valence electrons. The first-order valence-corrected chi connectivity index (χ1v) is 5.52. The van der Waals surface area contributed by atoms with Crippen LogP contribution in [0.1, 0.15) is 0 Å². The third-order valence-electron chi connectivity index (χ3n) is 2.80. The Kier molecular flexibility index (Phi) is 3.49. The van der Waals surface area contributed by atoms with Crippen LogP contribution in [0.2, 0.25) is 0 Å². The van der Waals surface area contributed by atoms with E-state index in [0.717, 1.165) is 11.4 Å². The molecule has 1 unspecified atom stereocenters. The summed E-state index contributed by atoms with van der Waals surface area (Å²) in [6.07, 6.45) is 0. The molecule has 1 amide bonds. The number of benzene rings is 1. The molecule has 1 atom stereocenters. The van der Waals surface area contributed by atoms with Gasteiger partial charge in [0.05, 0.1) is 26.3 Å². The number of rotatable bonds is 3. The van der Waals surface area contributed by atoms with Crippen molar-refractivity contribution in [3.63, 3.8) is 0 Å². The second-order valence-corrected chi connectivity index (χ2v) is 4.03. The molecular formula is C12H16N2O3. The van der Waals surface area contributed by atoms with E-state index in [4.69, 9.17) is 9.84 Å². The summed E-state index contributed by atoms with van der Waals surface area (Å²) in [6.45, 7) is 0.899. The molecule has 5 heteroatoms. The lowest BCUT2D eigenvalue weighted by molar-refractivity contribution is -0.121. The first kappa shape index (κ1) is 11.7. The van der Waals surface area contributed by atoms with Crippen LogP contribution < -0.4 is 15.0 Å². The number of nitrogens with one attached hydrogen (secondary N) is 1. The molecule has 0 aliphatic carbocycles. The van der Waals surface area contributed by atoms with E-state index in [1.54, 1.807) is 7.11 Å². The van der Waals surface area contributed by atoms with E-state index >= 15 is 0 Å². The van der Waals surface area contributed by atoms with Gasteiger partial charge in [0.1, 0.15) is 5.75 Å². The Hall–Kier alpha value is -1.75. The van der Waals surface area contributed by atoms with Crippen molar-refractivity contribution in [3.05, 3.63) is 24.3 Å². The highest BCUT2D eigenvalue weighted by atomic mass is 16.5. The summed E-state index contributed by atoms with van der Waals surface area (Å²) in [5, 5.41) is 11.8. The lowest BCUT2D eigenvalue weighted by Crippen LogP contribution is -2.55. The first-order chi connectivity index (χ1) is 8.22. The van der Waals surface area contributed by atoms with Crippen molar-refractivity contribution in [2.45, 2.75) is 6.04 Å². The minimum atomic E-state index is -0.196. The molecule has 0 spiro atoms. The summed E-state index contributed by atoms with van der Waals surface area (Å²) in [4.78, 5) is 13.4. The van der Waals surface area contributed by atoms with Crippen molar-refractivity contribution in [1.82, 2.24) is 5.32 Å². The summed E-state index contributed by atoms with van der Waals surface area (Å²) < 4.78 is 5.08. The standard InChI is InChI=1S/C12H16N2O3/c1-17-11-4-2-10(3-5-11)14-6-9(8-15)13-12(16)7-14/h2-5,9,15H,6-8H2,1H3,(H,13,16). The molecule has 17 heavy (non-hydrogen) atoms. The highest BCUT2D eigenvalue weighted by molar-refractivity contribution is 5.83. The molecule has 0 aromatic heterocycles. The number of ether oxygens (including phenoxy) is 1. The highest BCUT2D eigenvalue weighted by Gasteiger charge is 2.23. The van der Waals surface area contributed by atoms with Crippen molar-refractivity contribution < 1.29 is 14.6 Å². The monoisotopic (exact) mass is 236 g/mol. The molecule has 1 saturated heterocycles. The topological polar surface area (TPSA) is 61.8 Å². The Labute approximate surface area is 100.0 Å². The third kappa shape index (κ3) is 2.68. The molecule has 2 rings (SSSR count). The lowest BCUT2D eigenvalue weighted by Gasteiger charge is -2.33. The number of aliphatic hydroxyl groups excluding tert-OH is 1. The average molecular weight is 236 g/mol. The number of piperazine rings is 1. The zero-order valence-corrected chi connectivity index (χ0v) is 9.72. The number of anilines is 1. The van der Waals surface area contributed by atoms with Gasteiger partial charge < -0.3 is 20.1 Å². The fourth-order valence-corrected chi connectivity index (χ4v) is 1.92. The van der Waals surface area contributed by atoms with E-state index in [1.807, 2.05) is 29.2 Å². The van der Waals surface area contributed by atoms with Gasteiger partial charge in [-0.2, -0.15) is 0 Å². The molecule has 1 aliphatic rings. The maximum atomic E-state index is 11.5. The summed E-state index contributed by atoms with van der Waals surface area (Å²) >= 11 is 0. The van der Waals surface area contributed by atoms with Crippen molar-refractivity contribution in [1.29, 1.82) is 0 Å². The van der Waals surface area contributed by atoms with Gasteiger partial charge in [0.25, 0.3) is 0 Å².